The molecule has 1 aromatic rings. The molecule has 0 saturated carbocycles. The molecule has 1 aliphatic rings. The van der Waals surface area contributed by atoms with Gasteiger partial charge in [-0.2, -0.15) is 8.42 Å². The number of benzene rings is 1. The third kappa shape index (κ3) is 1.47. The number of hydrogen-bond donors (Lipinski definition) is 0. The van der Waals surface area contributed by atoms with Crippen molar-refractivity contribution in [1.29, 1.82) is 0 Å². The lowest BCUT2D eigenvalue weighted by Gasteiger charge is -2.09. The molecule has 0 fully saturated rings. The largest absolute Gasteiger partial charge is 0.285 e. The van der Waals surface area contributed by atoms with Crippen LogP contribution in [0.1, 0.15) is 0 Å². The summed E-state index contributed by atoms with van der Waals surface area (Å²) in [6.45, 7) is 0. The molecule has 6 heteroatoms. The third-order valence-electron chi connectivity index (χ3n) is 1.58. The number of aliphatic imine (C=N–C) groups is 1. The first-order valence-electron chi connectivity index (χ1n) is 3.39. The van der Waals surface area contributed by atoms with Gasteiger partial charge in [-0.1, -0.05) is 15.9 Å². The number of fused-ring (bicyclic) bond motifs is 1. The molecule has 0 unspecified atom stereocenters. The van der Waals surface area contributed by atoms with Crippen LogP contribution in [-0.4, -0.2) is 14.8 Å². The van der Waals surface area contributed by atoms with Crippen molar-refractivity contribution >= 4 is 38.0 Å². The van der Waals surface area contributed by atoms with Crippen LogP contribution < -0.4 is 4.72 Å². The first kappa shape index (κ1) is 8.71. The maximum atomic E-state index is 11.3. The van der Waals surface area contributed by atoms with Gasteiger partial charge in [-0.15, -0.1) is 4.72 Å². The fourth-order valence-electron chi connectivity index (χ4n) is 1.01. The van der Waals surface area contributed by atoms with Crippen LogP contribution in [0.25, 0.3) is 0 Å². The Labute approximate surface area is 83.9 Å². The number of hydrogen-bond acceptors (Lipinski definition) is 3. The zero-order valence-corrected chi connectivity index (χ0v) is 8.71. The highest BCUT2D eigenvalue weighted by Crippen LogP contribution is 2.29. The van der Waals surface area contributed by atoms with E-state index in [4.69, 9.17) is 0 Å². The highest BCUT2D eigenvalue weighted by molar-refractivity contribution is 9.10. The first-order chi connectivity index (χ1) is 6.09. The molecule has 0 saturated heterocycles. The van der Waals surface area contributed by atoms with Gasteiger partial charge in [0.25, 0.3) is 10.0 Å². The van der Waals surface area contributed by atoms with E-state index in [2.05, 4.69) is 25.6 Å². The molecule has 0 aromatic heterocycles. The molecular weight excluding hydrogens is 256 g/mol. The Kier molecular flexibility index (Phi) is 1.88. The van der Waals surface area contributed by atoms with E-state index in [9.17, 15) is 8.42 Å². The Morgan fingerprint density at radius 2 is 2.08 bits per heavy atom. The Bertz CT molecular complexity index is 481. The molecule has 1 radical (unpaired) electrons. The average molecular weight is 260 g/mol. The van der Waals surface area contributed by atoms with Crippen LogP contribution in [0.2, 0.25) is 0 Å². The minimum atomic E-state index is -3.50. The van der Waals surface area contributed by atoms with E-state index < -0.39 is 10.0 Å². The van der Waals surface area contributed by atoms with Crippen LogP contribution >= 0.6 is 15.9 Å². The van der Waals surface area contributed by atoms with Crippen molar-refractivity contribution in [2.75, 3.05) is 0 Å². The molecule has 0 bridgehead atoms. The molecule has 4 nitrogen and oxygen atoms in total. The maximum Gasteiger partial charge on any atom is 0.285 e. The summed E-state index contributed by atoms with van der Waals surface area (Å²) in [5.41, 5.74) is 0.421. The van der Waals surface area contributed by atoms with Crippen LogP contribution in [0.4, 0.5) is 5.69 Å². The van der Waals surface area contributed by atoms with Gasteiger partial charge < -0.3 is 0 Å². The molecule has 67 valence electrons. The quantitative estimate of drug-likeness (QED) is 0.708. The smallest absolute Gasteiger partial charge is 0.235 e. The van der Waals surface area contributed by atoms with Gasteiger partial charge in [0.1, 0.15) is 11.2 Å². The fraction of sp³-hybridized carbons (Fsp3) is 0. The minimum Gasteiger partial charge on any atom is -0.235 e. The van der Waals surface area contributed by atoms with Crippen LogP contribution in [0.3, 0.4) is 0 Å². The summed E-state index contributed by atoms with van der Waals surface area (Å²) < 4.78 is 26.7. The van der Waals surface area contributed by atoms with Gasteiger partial charge >= 0.3 is 0 Å². The van der Waals surface area contributed by atoms with E-state index >= 15 is 0 Å². The Morgan fingerprint density at radius 1 is 1.31 bits per heavy atom. The Morgan fingerprint density at radius 3 is 2.85 bits per heavy atom. The van der Waals surface area contributed by atoms with Crippen LogP contribution in [0.15, 0.2) is 32.6 Å². The van der Waals surface area contributed by atoms with Gasteiger partial charge in [-0.05, 0) is 18.2 Å². The van der Waals surface area contributed by atoms with Gasteiger partial charge in [0, 0.05) is 4.47 Å². The normalized spacial score (nSPS) is 17.6. The fourth-order valence-corrected chi connectivity index (χ4v) is 2.26. The number of rotatable bonds is 0. The highest BCUT2D eigenvalue weighted by atomic mass is 79.9. The molecule has 13 heavy (non-hydrogen) atoms. The van der Waals surface area contributed by atoms with E-state index in [1.54, 1.807) is 12.1 Å². The maximum absolute atomic E-state index is 11.3. The van der Waals surface area contributed by atoms with Crippen molar-refractivity contribution in [1.82, 2.24) is 4.72 Å². The lowest BCUT2D eigenvalue weighted by molar-refractivity contribution is 0.591. The van der Waals surface area contributed by atoms with Crippen molar-refractivity contribution in [3.05, 3.63) is 22.7 Å². The SMILES string of the molecule is O=S1(=O)[N]C=Nc2cc(Br)ccc21. The zero-order chi connectivity index (χ0) is 9.47. The number of sulfonamides is 1. The van der Waals surface area contributed by atoms with Gasteiger partial charge in [-0.3, -0.25) is 0 Å². The highest BCUT2D eigenvalue weighted by Gasteiger charge is 2.22. The predicted octanol–water partition coefficient (Wildman–Crippen LogP) is 1.42. The molecule has 0 spiro atoms. The molecule has 2 rings (SSSR count). The van der Waals surface area contributed by atoms with Gasteiger partial charge in [-0.25, -0.2) is 4.99 Å². The molecule has 1 aromatic carbocycles. The summed E-state index contributed by atoms with van der Waals surface area (Å²) in [5, 5.41) is 0. The van der Waals surface area contributed by atoms with Crippen LogP contribution in [0, 0.1) is 0 Å². The summed E-state index contributed by atoms with van der Waals surface area (Å²) in [4.78, 5) is 4.00. The van der Waals surface area contributed by atoms with E-state index in [0.717, 1.165) is 10.8 Å². The van der Waals surface area contributed by atoms with E-state index in [0.29, 0.717) is 5.69 Å². The second kappa shape index (κ2) is 2.81. The van der Waals surface area contributed by atoms with Crippen molar-refractivity contribution < 1.29 is 8.42 Å². The van der Waals surface area contributed by atoms with Crippen molar-refractivity contribution in [2.45, 2.75) is 4.90 Å². The molecule has 1 heterocycles. The monoisotopic (exact) mass is 259 g/mol. The van der Waals surface area contributed by atoms with Crippen LogP contribution in [0.5, 0.6) is 0 Å². The van der Waals surface area contributed by atoms with Gasteiger partial charge in [0.05, 0.1) is 5.69 Å². The van der Waals surface area contributed by atoms with Gasteiger partial charge in [0.15, 0.2) is 0 Å². The minimum absolute atomic E-state index is 0.151. The zero-order valence-electron chi connectivity index (χ0n) is 6.31. The molecule has 0 amide bonds. The molecular formula is C7H4BrN2O2S. The first-order valence-corrected chi connectivity index (χ1v) is 5.62. The van der Waals surface area contributed by atoms with Gasteiger partial charge in [0.2, 0.25) is 0 Å². The van der Waals surface area contributed by atoms with Crippen molar-refractivity contribution in [2.24, 2.45) is 4.99 Å². The second-order valence-corrected chi connectivity index (χ2v) is 4.95. The lowest BCUT2D eigenvalue weighted by Crippen LogP contribution is -2.17. The van der Waals surface area contributed by atoms with Crippen molar-refractivity contribution in [3.8, 4) is 0 Å². The average Bonchev–Trinajstić information content (AvgIpc) is 2.02. The second-order valence-electron chi connectivity index (χ2n) is 2.44. The lowest BCUT2D eigenvalue weighted by atomic mass is 10.3. The molecule has 0 atom stereocenters. The number of nitrogens with zero attached hydrogens (tertiary/aromatic N) is 2. The summed E-state index contributed by atoms with van der Waals surface area (Å²) in [5.74, 6) is 0. The predicted molar refractivity (Wildman–Crippen MR) is 51.6 cm³/mol. The molecule has 0 aliphatic carbocycles. The third-order valence-corrected chi connectivity index (χ3v) is 3.35. The summed E-state index contributed by atoms with van der Waals surface area (Å²) in [6.07, 6.45) is 1.05. The van der Waals surface area contributed by atoms with E-state index in [-0.39, 0.29) is 4.90 Å². The van der Waals surface area contributed by atoms with Crippen LogP contribution in [-0.2, 0) is 10.0 Å². The van der Waals surface area contributed by atoms with Crippen molar-refractivity contribution in [3.63, 3.8) is 0 Å². The Hall–Kier alpha value is -0.880. The van der Waals surface area contributed by atoms with E-state index in [1.165, 1.54) is 6.07 Å². The number of halogens is 1. The Balaban J connectivity index is 2.75. The summed E-state index contributed by atoms with van der Waals surface area (Å²) >= 11 is 3.23. The molecule has 1 aliphatic heterocycles. The summed E-state index contributed by atoms with van der Waals surface area (Å²) in [7, 11) is -3.50. The summed E-state index contributed by atoms with van der Waals surface area (Å²) in [6, 6.07) is 4.76. The standard InChI is InChI=1S/C7H4BrN2O2S/c8-5-1-2-7-6(3-5)9-4-10-13(7,11)12/h1-4H. The molecule has 0 N–H and O–H groups in total. The van der Waals surface area contributed by atoms with E-state index in [1.807, 2.05) is 0 Å². The topological polar surface area (TPSA) is 60.6 Å².